The Balaban J connectivity index is 1.56. The van der Waals surface area contributed by atoms with Gasteiger partial charge in [0.15, 0.2) is 10.6 Å². The molecule has 0 saturated heterocycles. The molecule has 2 aromatic rings. The number of hydrogen-bond donors (Lipinski definition) is 1. The number of aliphatic hydroxyl groups excluding tert-OH is 1. The van der Waals surface area contributed by atoms with Gasteiger partial charge >= 0.3 is 0 Å². The zero-order valence-corrected chi connectivity index (χ0v) is 14.9. The molecule has 2 saturated carbocycles. The van der Waals surface area contributed by atoms with Crippen molar-refractivity contribution < 1.29 is 5.11 Å². The summed E-state index contributed by atoms with van der Waals surface area (Å²) in [6, 6.07) is 9.75. The quantitative estimate of drug-likeness (QED) is 0.784. The summed E-state index contributed by atoms with van der Waals surface area (Å²) in [5.74, 6) is 0.703. The number of aromatic nitrogens is 3. The van der Waals surface area contributed by atoms with Crippen molar-refractivity contribution in [1.82, 2.24) is 19.2 Å². The van der Waals surface area contributed by atoms with E-state index in [0.717, 1.165) is 24.2 Å². The lowest BCUT2D eigenvalue weighted by molar-refractivity contribution is 0.185. The van der Waals surface area contributed by atoms with E-state index in [4.69, 9.17) is 12.2 Å². The number of rotatable bonds is 7. The van der Waals surface area contributed by atoms with Crippen molar-refractivity contribution in [2.75, 3.05) is 0 Å². The van der Waals surface area contributed by atoms with Gasteiger partial charge in [-0.25, -0.2) is 4.68 Å². The van der Waals surface area contributed by atoms with Crippen LogP contribution in [0.1, 0.15) is 48.7 Å². The van der Waals surface area contributed by atoms with Gasteiger partial charge < -0.3 is 5.11 Å². The Kier molecular flexibility index (Phi) is 4.28. The topological polar surface area (TPSA) is 46.2 Å². The van der Waals surface area contributed by atoms with Crippen molar-refractivity contribution in [2.24, 2.45) is 0 Å². The maximum absolute atomic E-state index is 9.60. The molecule has 0 spiro atoms. The molecule has 1 N–H and O–H groups in total. The fourth-order valence-electron chi connectivity index (χ4n) is 3.32. The number of nitrogens with zero attached hydrogens (tertiary/aromatic N) is 4. The van der Waals surface area contributed by atoms with Gasteiger partial charge in [0, 0.05) is 18.6 Å². The first-order valence-electron chi connectivity index (χ1n) is 8.74. The maximum Gasteiger partial charge on any atom is 0.199 e. The van der Waals surface area contributed by atoms with E-state index in [2.05, 4.69) is 41.2 Å². The molecule has 2 aliphatic carbocycles. The highest BCUT2D eigenvalue weighted by molar-refractivity contribution is 7.71. The second-order valence-electron chi connectivity index (χ2n) is 7.07. The van der Waals surface area contributed by atoms with Gasteiger partial charge in [-0.05, 0) is 50.4 Å². The first-order valence-corrected chi connectivity index (χ1v) is 9.15. The normalized spacial score (nSPS) is 17.6. The second-order valence-corrected chi connectivity index (χ2v) is 7.43. The lowest BCUT2D eigenvalue weighted by Crippen LogP contribution is -2.29. The van der Waals surface area contributed by atoms with E-state index < -0.39 is 0 Å². The SMILES string of the molecule is Cc1cccc(CN(Cn2nc(CO)n(C3CC3)c2=S)C2CC2)c1. The number of benzene rings is 1. The molecule has 0 amide bonds. The summed E-state index contributed by atoms with van der Waals surface area (Å²) in [7, 11) is 0. The molecule has 0 atom stereocenters. The molecule has 4 rings (SSSR count). The van der Waals surface area contributed by atoms with Crippen LogP contribution in [0.4, 0.5) is 0 Å². The first kappa shape index (κ1) is 16.0. The van der Waals surface area contributed by atoms with Crippen molar-refractivity contribution in [1.29, 1.82) is 0 Å². The van der Waals surface area contributed by atoms with E-state index in [0.29, 0.717) is 24.6 Å². The van der Waals surface area contributed by atoms with Gasteiger partial charge in [0.2, 0.25) is 0 Å². The Morgan fingerprint density at radius 2 is 2.08 bits per heavy atom. The van der Waals surface area contributed by atoms with Crippen LogP contribution >= 0.6 is 12.2 Å². The molecule has 128 valence electrons. The number of hydrogen-bond acceptors (Lipinski definition) is 4. The number of aryl methyl sites for hydroxylation is 1. The fourth-order valence-corrected chi connectivity index (χ4v) is 3.67. The summed E-state index contributed by atoms with van der Waals surface area (Å²) in [5.41, 5.74) is 2.62. The van der Waals surface area contributed by atoms with Crippen molar-refractivity contribution in [3.8, 4) is 0 Å². The standard InChI is InChI=1S/C18H24N4OS/c1-13-3-2-4-14(9-13)10-20(15-5-6-15)12-21-18(24)22(16-7-8-16)17(11-23)19-21/h2-4,9,15-16,23H,5-8,10-12H2,1H3. The third kappa shape index (κ3) is 3.31. The van der Waals surface area contributed by atoms with Crippen molar-refractivity contribution in [3.63, 3.8) is 0 Å². The molecule has 2 aliphatic rings. The van der Waals surface area contributed by atoms with Crippen LogP contribution in [0, 0.1) is 11.7 Å². The first-order chi connectivity index (χ1) is 11.7. The summed E-state index contributed by atoms with van der Waals surface area (Å²) in [6.45, 7) is 3.70. The van der Waals surface area contributed by atoms with Crippen LogP contribution in [0.25, 0.3) is 0 Å². The zero-order chi connectivity index (χ0) is 16.7. The predicted molar refractivity (Wildman–Crippen MR) is 95.0 cm³/mol. The van der Waals surface area contributed by atoms with Crippen LogP contribution in [0.3, 0.4) is 0 Å². The largest absolute Gasteiger partial charge is 0.388 e. The molecule has 24 heavy (non-hydrogen) atoms. The highest BCUT2D eigenvalue weighted by atomic mass is 32.1. The summed E-state index contributed by atoms with van der Waals surface area (Å²) < 4.78 is 4.69. The molecular weight excluding hydrogens is 320 g/mol. The van der Waals surface area contributed by atoms with Crippen LogP contribution < -0.4 is 0 Å². The van der Waals surface area contributed by atoms with Gasteiger partial charge in [-0.3, -0.25) is 9.47 Å². The predicted octanol–water partition coefficient (Wildman–Crippen LogP) is 3.17. The summed E-state index contributed by atoms with van der Waals surface area (Å²) in [5, 5.41) is 14.2. The Morgan fingerprint density at radius 1 is 1.29 bits per heavy atom. The third-order valence-corrected chi connectivity index (χ3v) is 5.25. The molecule has 0 unspecified atom stereocenters. The van der Waals surface area contributed by atoms with Crippen molar-refractivity contribution in [2.45, 2.75) is 64.5 Å². The Hall–Kier alpha value is -1.50. The fraction of sp³-hybridized carbons (Fsp3) is 0.556. The Bertz CT molecular complexity index is 789. The van der Waals surface area contributed by atoms with Crippen molar-refractivity contribution >= 4 is 12.2 Å². The van der Waals surface area contributed by atoms with Gasteiger partial charge in [0.25, 0.3) is 0 Å². The van der Waals surface area contributed by atoms with E-state index in [-0.39, 0.29) is 6.61 Å². The minimum absolute atomic E-state index is 0.0472. The molecule has 5 nitrogen and oxygen atoms in total. The van der Waals surface area contributed by atoms with Crippen LogP contribution in [-0.4, -0.2) is 30.4 Å². The van der Waals surface area contributed by atoms with Gasteiger partial charge in [-0.15, -0.1) is 0 Å². The zero-order valence-electron chi connectivity index (χ0n) is 14.1. The number of aliphatic hydroxyl groups is 1. The van der Waals surface area contributed by atoms with Crippen LogP contribution in [-0.2, 0) is 19.8 Å². The van der Waals surface area contributed by atoms with E-state index >= 15 is 0 Å². The molecule has 0 radical (unpaired) electrons. The minimum Gasteiger partial charge on any atom is -0.388 e. The van der Waals surface area contributed by atoms with E-state index in [1.165, 1.54) is 24.0 Å². The molecule has 2 fully saturated rings. The average molecular weight is 344 g/mol. The van der Waals surface area contributed by atoms with Crippen LogP contribution in [0.2, 0.25) is 0 Å². The monoisotopic (exact) mass is 344 g/mol. The highest BCUT2D eigenvalue weighted by Gasteiger charge is 2.31. The lowest BCUT2D eigenvalue weighted by atomic mass is 10.1. The second kappa shape index (κ2) is 6.43. The Labute approximate surface area is 147 Å². The van der Waals surface area contributed by atoms with E-state index in [9.17, 15) is 5.11 Å². The molecule has 0 aliphatic heterocycles. The maximum atomic E-state index is 9.60. The summed E-state index contributed by atoms with van der Waals surface area (Å²) in [4.78, 5) is 2.45. The van der Waals surface area contributed by atoms with Gasteiger partial charge in [0.1, 0.15) is 6.61 Å². The summed E-state index contributed by atoms with van der Waals surface area (Å²) in [6.07, 6.45) is 4.77. The van der Waals surface area contributed by atoms with Gasteiger partial charge in [-0.1, -0.05) is 29.8 Å². The molecule has 6 heteroatoms. The van der Waals surface area contributed by atoms with Gasteiger partial charge in [0.05, 0.1) is 6.67 Å². The molecule has 1 aromatic heterocycles. The molecular formula is C18H24N4OS. The van der Waals surface area contributed by atoms with E-state index in [1.807, 2.05) is 9.25 Å². The smallest absolute Gasteiger partial charge is 0.199 e. The third-order valence-electron chi connectivity index (χ3n) is 4.84. The molecule has 1 heterocycles. The molecule has 1 aromatic carbocycles. The van der Waals surface area contributed by atoms with Gasteiger partial charge in [-0.2, -0.15) is 5.10 Å². The Morgan fingerprint density at radius 3 is 2.71 bits per heavy atom. The van der Waals surface area contributed by atoms with E-state index in [1.54, 1.807) is 0 Å². The van der Waals surface area contributed by atoms with Crippen LogP contribution in [0.5, 0.6) is 0 Å². The highest BCUT2D eigenvalue weighted by Crippen LogP contribution is 2.36. The average Bonchev–Trinajstić information content (AvgIpc) is 3.45. The minimum atomic E-state index is -0.0472. The van der Waals surface area contributed by atoms with Crippen LogP contribution in [0.15, 0.2) is 24.3 Å². The lowest BCUT2D eigenvalue weighted by Gasteiger charge is -2.22. The molecule has 0 bridgehead atoms. The summed E-state index contributed by atoms with van der Waals surface area (Å²) >= 11 is 5.63. The van der Waals surface area contributed by atoms with Crippen molar-refractivity contribution in [3.05, 3.63) is 46.0 Å².